The lowest BCUT2D eigenvalue weighted by Crippen LogP contribution is -2.63. The van der Waals surface area contributed by atoms with Gasteiger partial charge in [-0.15, -0.1) is 0 Å². The van der Waals surface area contributed by atoms with Gasteiger partial charge in [0.2, 0.25) is 0 Å². The second-order valence-corrected chi connectivity index (χ2v) is 16.9. The van der Waals surface area contributed by atoms with Gasteiger partial charge in [0.05, 0.1) is 5.56 Å². The number of carbonyl (C=O) groups is 1. The molecule has 5 aliphatic carbocycles. The molecule has 0 heterocycles. The zero-order valence-corrected chi connectivity index (χ0v) is 28.9. The molecule has 0 aliphatic heterocycles. The lowest BCUT2D eigenvalue weighted by molar-refractivity contribution is -0.172. The Morgan fingerprint density at radius 2 is 1.57 bits per heavy atom. The van der Waals surface area contributed by atoms with Gasteiger partial charge in [-0.25, -0.2) is 4.79 Å². The van der Waals surface area contributed by atoms with Crippen molar-refractivity contribution < 1.29 is 9.90 Å². The Morgan fingerprint density at radius 1 is 0.841 bits per heavy atom. The van der Waals surface area contributed by atoms with Gasteiger partial charge in [0.25, 0.3) is 0 Å². The van der Waals surface area contributed by atoms with E-state index >= 15 is 0 Å². The van der Waals surface area contributed by atoms with Crippen molar-refractivity contribution in [3.63, 3.8) is 0 Å². The first kappa shape index (κ1) is 32.3. The summed E-state index contributed by atoms with van der Waals surface area (Å²) in [5, 5.41) is 13.7. The summed E-state index contributed by atoms with van der Waals surface area (Å²) in [6, 6.07) is 7.67. The molecule has 0 aromatic heterocycles. The summed E-state index contributed by atoms with van der Waals surface area (Å²) in [6.07, 6.45) is 18.9. The average Bonchev–Trinajstić information content (AvgIpc) is 3.41. The molecule has 0 radical (unpaired) electrons. The van der Waals surface area contributed by atoms with Crippen LogP contribution < -0.4 is 5.32 Å². The minimum absolute atomic E-state index is 0.0798. The van der Waals surface area contributed by atoms with E-state index in [0.29, 0.717) is 27.9 Å². The fourth-order valence-electron chi connectivity index (χ4n) is 12.8. The smallest absolute Gasteiger partial charge is 0.335 e. The van der Waals surface area contributed by atoms with Gasteiger partial charge >= 0.3 is 5.97 Å². The van der Waals surface area contributed by atoms with E-state index in [9.17, 15) is 9.90 Å². The lowest BCUT2D eigenvalue weighted by atomic mass is 9.37. The topological polar surface area (TPSA) is 52.6 Å². The Bertz CT molecular complexity index is 1210. The van der Waals surface area contributed by atoms with Crippen LogP contribution in [0.4, 0.5) is 0 Å². The van der Waals surface area contributed by atoms with E-state index in [1.807, 2.05) is 12.1 Å². The van der Waals surface area contributed by atoms with Gasteiger partial charge in [-0.05, 0) is 153 Å². The van der Waals surface area contributed by atoms with Crippen LogP contribution in [0.3, 0.4) is 0 Å². The fourth-order valence-corrected chi connectivity index (χ4v) is 12.8. The first-order valence-corrected chi connectivity index (χ1v) is 18.5. The zero-order chi connectivity index (χ0) is 31.3. The normalized spacial score (nSPS) is 39.2. The van der Waals surface area contributed by atoms with Crippen LogP contribution >= 0.6 is 0 Å². The molecule has 244 valence electrons. The molecule has 2 N–H and O–H groups in total. The molecular weight excluding hydrogens is 540 g/mol. The first-order chi connectivity index (χ1) is 21.0. The number of carboxylic acids is 1. The molecule has 44 heavy (non-hydrogen) atoms. The maximum absolute atomic E-state index is 11.5. The van der Waals surface area contributed by atoms with E-state index < -0.39 is 5.97 Å². The maximum atomic E-state index is 11.5. The molecule has 0 bridgehead atoms. The van der Waals surface area contributed by atoms with Crippen LogP contribution in [0.2, 0.25) is 0 Å². The van der Waals surface area contributed by atoms with Crippen LogP contribution in [0, 0.1) is 45.8 Å². The van der Waals surface area contributed by atoms with E-state index in [4.69, 9.17) is 0 Å². The van der Waals surface area contributed by atoms with E-state index in [1.165, 1.54) is 101 Å². The van der Waals surface area contributed by atoms with E-state index in [2.05, 4.69) is 57.8 Å². The average molecular weight is 603 g/mol. The SMILES string of the molecule is CCCN(CCC)CCNC12CCCC1C1CCC3C(C)(CCC4C(C)(C)C(c5ccc(C(=O)O)cc5)=CCC43C)C1CC2. The largest absolute Gasteiger partial charge is 0.478 e. The molecule has 4 nitrogen and oxygen atoms in total. The molecule has 8 unspecified atom stereocenters. The number of hydrogen-bond acceptors (Lipinski definition) is 3. The Labute approximate surface area is 268 Å². The minimum atomic E-state index is -0.845. The number of aromatic carboxylic acids is 1. The Morgan fingerprint density at radius 3 is 2.25 bits per heavy atom. The molecule has 4 saturated carbocycles. The van der Waals surface area contributed by atoms with Gasteiger partial charge in [0.1, 0.15) is 0 Å². The van der Waals surface area contributed by atoms with E-state index in [1.54, 1.807) is 12.1 Å². The molecule has 1 aromatic carbocycles. The standard InChI is InChI=1S/C40H62N2O2/c1-7-25-42(26-8-2)27-24-41-40-20-9-10-33(40)30-15-16-35-38(5,32(30)18-23-40)22-19-34-37(3,4)31(17-21-39(34,35)6)28-11-13-29(14-12-28)36(43)44/h11-14,17,30,32-35,41H,7-10,15-16,18-27H2,1-6H3,(H,43,44). The van der Waals surface area contributed by atoms with Gasteiger partial charge < -0.3 is 15.3 Å². The van der Waals surface area contributed by atoms with Crippen molar-refractivity contribution >= 4 is 11.5 Å². The van der Waals surface area contributed by atoms with Crippen molar-refractivity contribution in [2.45, 2.75) is 124 Å². The number of allylic oxidation sites excluding steroid dienone is 2. The van der Waals surface area contributed by atoms with Crippen molar-refractivity contribution in [2.24, 2.45) is 45.8 Å². The third-order valence-corrected chi connectivity index (χ3v) is 14.5. The summed E-state index contributed by atoms with van der Waals surface area (Å²) >= 11 is 0. The number of hydrogen-bond donors (Lipinski definition) is 2. The predicted octanol–water partition coefficient (Wildman–Crippen LogP) is 9.31. The number of benzene rings is 1. The predicted molar refractivity (Wildman–Crippen MR) is 183 cm³/mol. The van der Waals surface area contributed by atoms with Gasteiger partial charge in [0, 0.05) is 18.6 Å². The first-order valence-electron chi connectivity index (χ1n) is 18.5. The number of rotatable bonds is 10. The van der Waals surface area contributed by atoms with E-state index in [-0.39, 0.29) is 5.41 Å². The van der Waals surface area contributed by atoms with Crippen molar-refractivity contribution in [1.29, 1.82) is 0 Å². The van der Waals surface area contributed by atoms with Crippen LogP contribution in [0.25, 0.3) is 5.57 Å². The molecule has 1 aromatic rings. The van der Waals surface area contributed by atoms with Crippen LogP contribution in [0.15, 0.2) is 30.3 Å². The summed E-state index contributed by atoms with van der Waals surface area (Å²) in [4.78, 5) is 14.2. The number of nitrogens with one attached hydrogen (secondary N) is 1. The van der Waals surface area contributed by atoms with Gasteiger partial charge in [-0.3, -0.25) is 0 Å². The fraction of sp³-hybridized carbons (Fsp3) is 0.775. The zero-order valence-electron chi connectivity index (χ0n) is 28.9. The van der Waals surface area contributed by atoms with Crippen LogP contribution in [0.1, 0.15) is 135 Å². The van der Waals surface area contributed by atoms with Gasteiger partial charge in [-0.2, -0.15) is 0 Å². The Balaban J connectivity index is 1.20. The highest BCUT2D eigenvalue weighted by atomic mass is 16.4. The van der Waals surface area contributed by atoms with Gasteiger partial charge in [-0.1, -0.05) is 66.2 Å². The maximum Gasteiger partial charge on any atom is 0.335 e. The van der Waals surface area contributed by atoms with Crippen molar-refractivity contribution in [2.75, 3.05) is 26.2 Å². The van der Waals surface area contributed by atoms with E-state index in [0.717, 1.165) is 36.6 Å². The summed E-state index contributed by atoms with van der Waals surface area (Å²) in [6.45, 7) is 19.9. The minimum Gasteiger partial charge on any atom is -0.478 e. The molecule has 4 heteroatoms. The molecule has 4 fully saturated rings. The van der Waals surface area contributed by atoms with Crippen LogP contribution in [0.5, 0.6) is 0 Å². The van der Waals surface area contributed by atoms with Crippen LogP contribution in [-0.4, -0.2) is 47.7 Å². The van der Waals surface area contributed by atoms with Gasteiger partial charge in [0.15, 0.2) is 0 Å². The molecular formula is C40H62N2O2. The summed E-state index contributed by atoms with van der Waals surface area (Å²) in [5.74, 6) is 3.26. The highest BCUT2D eigenvalue weighted by Gasteiger charge is 2.65. The van der Waals surface area contributed by atoms with Crippen molar-refractivity contribution in [3.8, 4) is 0 Å². The second-order valence-electron chi connectivity index (χ2n) is 16.9. The lowest BCUT2D eigenvalue weighted by Gasteiger charge is -2.68. The molecule has 0 saturated heterocycles. The second kappa shape index (κ2) is 12.2. The molecule has 0 amide bonds. The number of fused-ring (bicyclic) bond motifs is 7. The highest BCUT2D eigenvalue weighted by Crippen LogP contribution is 2.72. The summed E-state index contributed by atoms with van der Waals surface area (Å²) < 4.78 is 0. The monoisotopic (exact) mass is 602 g/mol. The summed E-state index contributed by atoms with van der Waals surface area (Å²) in [7, 11) is 0. The van der Waals surface area contributed by atoms with Crippen molar-refractivity contribution in [3.05, 3.63) is 41.5 Å². The Kier molecular flexibility index (Phi) is 8.94. The molecule has 0 spiro atoms. The molecule has 6 rings (SSSR count). The molecule has 5 aliphatic rings. The third-order valence-electron chi connectivity index (χ3n) is 14.5. The summed E-state index contributed by atoms with van der Waals surface area (Å²) in [5.41, 5.74) is 4.28. The van der Waals surface area contributed by atoms with Crippen molar-refractivity contribution in [1.82, 2.24) is 10.2 Å². The van der Waals surface area contributed by atoms with Crippen LogP contribution in [-0.2, 0) is 0 Å². The third kappa shape index (κ3) is 5.23. The molecule has 8 atom stereocenters. The quantitative estimate of drug-likeness (QED) is 0.280. The number of carboxylic acid groups (broad SMARTS) is 1. The Hall–Kier alpha value is -1.65. The number of nitrogens with zero attached hydrogens (tertiary/aromatic N) is 1. The highest BCUT2D eigenvalue weighted by molar-refractivity contribution is 5.88.